The maximum atomic E-state index is 12.6. The molecule has 10 heteroatoms. The maximum Gasteiger partial charge on any atom is 0.240 e. The van der Waals surface area contributed by atoms with E-state index in [0.29, 0.717) is 21.2 Å². The van der Waals surface area contributed by atoms with Crippen molar-refractivity contribution in [3.8, 4) is 10.7 Å². The van der Waals surface area contributed by atoms with E-state index in [1.54, 1.807) is 28.8 Å². The van der Waals surface area contributed by atoms with E-state index in [9.17, 15) is 9.59 Å². The van der Waals surface area contributed by atoms with Gasteiger partial charge in [-0.3, -0.25) is 19.3 Å². The molecule has 3 rings (SSSR count). The molecule has 0 fully saturated rings. The molecule has 1 aromatic carbocycles. The maximum absolute atomic E-state index is 12.6. The second-order valence-electron chi connectivity index (χ2n) is 5.73. The molecule has 0 aliphatic rings. The first kappa shape index (κ1) is 19.3. The number of carbonyl (C=O) groups excluding carboxylic acids is 2. The molecule has 0 bridgehead atoms. The normalized spacial score (nSPS) is 11.9. The van der Waals surface area contributed by atoms with E-state index in [0.717, 1.165) is 4.88 Å². The Morgan fingerprint density at radius 2 is 2.11 bits per heavy atom. The predicted molar refractivity (Wildman–Crippen MR) is 107 cm³/mol. The SMILES string of the molecule is NC(=O)C[C@@H](NC(=O)Cn1c(-c2cccs2)n[nH]c1=S)c1ccccc1Cl. The molecule has 1 atom stereocenters. The topological polar surface area (TPSA) is 106 Å². The third-order valence-corrected chi connectivity index (χ3v) is 5.34. The van der Waals surface area contributed by atoms with Gasteiger partial charge >= 0.3 is 0 Å². The number of nitrogens with two attached hydrogens (primary N) is 1. The summed E-state index contributed by atoms with van der Waals surface area (Å²) >= 11 is 12.9. The molecule has 0 aliphatic carbocycles. The Hall–Kier alpha value is -2.49. The van der Waals surface area contributed by atoms with Gasteiger partial charge < -0.3 is 11.1 Å². The van der Waals surface area contributed by atoms with Gasteiger partial charge in [-0.2, -0.15) is 5.10 Å². The number of H-pyrrole nitrogens is 1. The molecule has 0 saturated heterocycles. The van der Waals surface area contributed by atoms with Crippen LogP contribution >= 0.6 is 35.2 Å². The molecule has 27 heavy (non-hydrogen) atoms. The molecule has 4 N–H and O–H groups in total. The second kappa shape index (κ2) is 8.47. The number of hydrogen-bond donors (Lipinski definition) is 3. The number of rotatable bonds is 7. The number of halogens is 1. The number of aromatic amines is 1. The van der Waals surface area contributed by atoms with Gasteiger partial charge in [-0.25, -0.2) is 0 Å². The van der Waals surface area contributed by atoms with E-state index in [1.807, 2.05) is 17.5 Å². The molecule has 0 saturated carbocycles. The summed E-state index contributed by atoms with van der Waals surface area (Å²) < 4.78 is 1.93. The van der Waals surface area contributed by atoms with E-state index >= 15 is 0 Å². The van der Waals surface area contributed by atoms with Crippen LogP contribution in [0.25, 0.3) is 10.7 Å². The van der Waals surface area contributed by atoms with Crippen LogP contribution < -0.4 is 11.1 Å². The van der Waals surface area contributed by atoms with E-state index in [4.69, 9.17) is 29.6 Å². The third kappa shape index (κ3) is 4.62. The summed E-state index contributed by atoms with van der Waals surface area (Å²) in [6.07, 6.45) is -0.0654. The zero-order chi connectivity index (χ0) is 19.4. The van der Waals surface area contributed by atoms with Crippen molar-refractivity contribution in [2.45, 2.75) is 19.0 Å². The summed E-state index contributed by atoms with van der Waals surface area (Å²) in [5, 5.41) is 12.1. The predicted octanol–water partition coefficient (Wildman–Crippen LogP) is 3.06. The van der Waals surface area contributed by atoms with Crippen LogP contribution in [0.4, 0.5) is 0 Å². The van der Waals surface area contributed by atoms with Gasteiger partial charge in [0, 0.05) is 5.02 Å². The third-order valence-electron chi connectivity index (χ3n) is 3.82. The number of thiophene rings is 1. The number of benzene rings is 1. The van der Waals surface area contributed by atoms with Crippen molar-refractivity contribution in [1.82, 2.24) is 20.1 Å². The summed E-state index contributed by atoms with van der Waals surface area (Å²) in [5.74, 6) is -0.301. The standard InChI is InChI=1S/C17H16ClN5O2S2/c18-11-5-2-1-4-10(11)12(8-14(19)24)20-15(25)9-23-16(21-22-17(23)26)13-6-3-7-27-13/h1-7,12H,8-9H2,(H2,19,24)(H,20,25)(H,22,26)/t12-/m1/s1. The van der Waals surface area contributed by atoms with Crippen molar-refractivity contribution in [1.29, 1.82) is 0 Å². The van der Waals surface area contributed by atoms with Crippen LogP contribution in [0.3, 0.4) is 0 Å². The molecule has 3 aromatic rings. The molecule has 2 amide bonds. The van der Waals surface area contributed by atoms with Crippen LogP contribution in [-0.4, -0.2) is 26.6 Å². The fourth-order valence-electron chi connectivity index (χ4n) is 2.64. The highest BCUT2D eigenvalue weighted by molar-refractivity contribution is 7.71. The summed E-state index contributed by atoms with van der Waals surface area (Å²) in [4.78, 5) is 25.0. The zero-order valence-electron chi connectivity index (χ0n) is 14.0. The first-order valence-electron chi connectivity index (χ1n) is 7.97. The van der Waals surface area contributed by atoms with Gasteiger partial charge in [-0.15, -0.1) is 11.3 Å². The Bertz CT molecular complexity index is 1010. The van der Waals surface area contributed by atoms with Crippen LogP contribution in [0.1, 0.15) is 18.0 Å². The number of carbonyl (C=O) groups is 2. The highest BCUT2D eigenvalue weighted by atomic mass is 35.5. The molecule has 7 nitrogen and oxygen atoms in total. The highest BCUT2D eigenvalue weighted by Gasteiger charge is 2.21. The van der Waals surface area contributed by atoms with Gasteiger partial charge in [-0.1, -0.05) is 35.9 Å². The lowest BCUT2D eigenvalue weighted by molar-refractivity contribution is -0.123. The Balaban J connectivity index is 1.82. The van der Waals surface area contributed by atoms with Gasteiger partial charge in [0.2, 0.25) is 11.8 Å². The summed E-state index contributed by atoms with van der Waals surface area (Å²) in [6, 6.07) is 10.1. The first-order valence-corrected chi connectivity index (χ1v) is 9.63. The molecule has 0 aliphatic heterocycles. The minimum atomic E-state index is -0.630. The zero-order valence-corrected chi connectivity index (χ0v) is 16.4. The minimum Gasteiger partial charge on any atom is -0.370 e. The number of nitrogens with one attached hydrogen (secondary N) is 2. The fraction of sp³-hybridized carbons (Fsp3) is 0.176. The van der Waals surface area contributed by atoms with Crippen LogP contribution in [0, 0.1) is 4.77 Å². The largest absolute Gasteiger partial charge is 0.370 e. The van der Waals surface area contributed by atoms with Crippen molar-refractivity contribution in [2.75, 3.05) is 0 Å². The lowest BCUT2D eigenvalue weighted by atomic mass is 10.0. The number of primary amides is 1. The Labute approximate surface area is 169 Å². The van der Waals surface area contributed by atoms with E-state index in [-0.39, 0.29) is 18.9 Å². The molecular formula is C17H16ClN5O2S2. The molecule has 2 aromatic heterocycles. The molecule has 0 unspecified atom stereocenters. The average molecular weight is 422 g/mol. The van der Waals surface area contributed by atoms with Crippen molar-refractivity contribution >= 4 is 47.0 Å². The number of aromatic nitrogens is 3. The van der Waals surface area contributed by atoms with Gasteiger partial charge in [0.05, 0.1) is 17.3 Å². The number of amides is 2. The van der Waals surface area contributed by atoms with Crippen LogP contribution in [0.15, 0.2) is 41.8 Å². The molecule has 0 spiro atoms. The lowest BCUT2D eigenvalue weighted by Crippen LogP contribution is -2.34. The smallest absolute Gasteiger partial charge is 0.240 e. The van der Waals surface area contributed by atoms with Crippen LogP contribution in [-0.2, 0) is 16.1 Å². The Morgan fingerprint density at radius 3 is 2.78 bits per heavy atom. The molecular weight excluding hydrogens is 406 g/mol. The summed E-state index contributed by atoms with van der Waals surface area (Å²) in [5.41, 5.74) is 5.96. The molecule has 2 heterocycles. The van der Waals surface area contributed by atoms with Gasteiger partial charge in [0.1, 0.15) is 6.54 Å². The van der Waals surface area contributed by atoms with Crippen molar-refractivity contribution < 1.29 is 9.59 Å². The van der Waals surface area contributed by atoms with Crippen LogP contribution in [0.5, 0.6) is 0 Å². The monoisotopic (exact) mass is 421 g/mol. The molecule has 0 radical (unpaired) electrons. The number of hydrogen-bond acceptors (Lipinski definition) is 5. The Kier molecular flexibility index (Phi) is 6.04. The summed E-state index contributed by atoms with van der Waals surface area (Å²) in [6.45, 7) is -0.0533. The van der Waals surface area contributed by atoms with Gasteiger partial charge in [0.25, 0.3) is 0 Å². The summed E-state index contributed by atoms with van der Waals surface area (Å²) in [7, 11) is 0. The minimum absolute atomic E-state index is 0.0533. The Morgan fingerprint density at radius 1 is 1.33 bits per heavy atom. The van der Waals surface area contributed by atoms with E-state index in [1.165, 1.54) is 11.3 Å². The van der Waals surface area contributed by atoms with E-state index in [2.05, 4.69) is 15.5 Å². The molecule has 140 valence electrons. The van der Waals surface area contributed by atoms with Crippen molar-refractivity contribution in [3.63, 3.8) is 0 Å². The van der Waals surface area contributed by atoms with Gasteiger partial charge in [-0.05, 0) is 35.3 Å². The average Bonchev–Trinajstić information content (AvgIpc) is 3.25. The number of nitrogens with zero attached hydrogens (tertiary/aromatic N) is 2. The highest BCUT2D eigenvalue weighted by Crippen LogP contribution is 2.26. The lowest BCUT2D eigenvalue weighted by Gasteiger charge is -2.19. The van der Waals surface area contributed by atoms with Crippen LogP contribution in [0.2, 0.25) is 5.02 Å². The quantitative estimate of drug-likeness (QED) is 0.509. The first-order chi connectivity index (χ1) is 13.0. The second-order valence-corrected chi connectivity index (χ2v) is 7.47. The van der Waals surface area contributed by atoms with Gasteiger partial charge in [0.15, 0.2) is 10.6 Å². The fourth-order valence-corrected chi connectivity index (χ4v) is 3.83. The van der Waals surface area contributed by atoms with Crippen molar-refractivity contribution in [2.24, 2.45) is 5.73 Å². The van der Waals surface area contributed by atoms with E-state index < -0.39 is 11.9 Å². The van der Waals surface area contributed by atoms with Crippen molar-refractivity contribution in [3.05, 3.63) is 57.1 Å².